The average molecular weight is 346 g/mol. The number of oxazole rings is 2. The van der Waals surface area contributed by atoms with Crippen LogP contribution in [-0.4, -0.2) is 43.7 Å². The molecule has 0 aromatic carbocycles. The summed E-state index contributed by atoms with van der Waals surface area (Å²) in [4.78, 5) is 36.9. The van der Waals surface area contributed by atoms with E-state index in [1.54, 1.807) is 9.80 Å². The van der Waals surface area contributed by atoms with E-state index < -0.39 is 0 Å². The highest BCUT2D eigenvalue weighted by Crippen LogP contribution is 2.27. The molecular weight excluding hydrogens is 324 g/mol. The molecule has 0 bridgehead atoms. The van der Waals surface area contributed by atoms with Gasteiger partial charge in [-0.3, -0.25) is 9.59 Å². The number of carbonyl (C=O) groups excluding carboxylic acids is 2. The van der Waals surface area contributed by atoms with Crippen LogP contribution >= 0.6 is 0 Å². The Bertz CT molecular complexity index is 682. The van der Waals surface area contributed by atoms with E-state index in [-0.39, 0.29) is 29.7 Å². The maximum absolute atomic E-state index is 13.0. The molecule has 0 N–H and O–H groups in total. The first-order chi connectivity index (χ1) is 11.8. The second-order valence-electron chi connectivity index (χ2n) is 7.23. The van der Waals surface area contributed by atoms with Crippen LogP contribution in [0, 0.1) is 5.92 Å². The highest BCUT2D eigenvalue weighted by Gasteiger charge is 2.41. The van der Waals surface area contributed by atoms with E-state index in [9.17, 15) is 9.59 Å². The summed E-state index contributed by atoms with van der Waals surface area (Å²) in [5.41, 5.74) is 0.998. The quantitative estimate of drug-likeness (QED) is 0.820. The Kier molecular flexibility index (Phi) is 4.61. The number of aromatic nitrogens is 2. The predicted octanol–water partition coefficient (Wildman–Crippen LogP) is 1.84. The van der Waals surface area contributed by atoms with Gasteiger partial charge in [-0.1, -0.05) is 0 Å². The molecule has 1 unspecified atom stereocenters. The van der Waals surface area contributed by atoms with Crippen molar-refractivity contribution in [1.29, 1.82) is 0 Å². The second kappa shape index (κ2) is 6.70. The van der Waals surface area contributed by atoms with Gasteiger partial charge in [0, 0.05) is 18.5 Å². The summed E-state index contributed by atoms with van der Waals surface area (Å²) in [6.07, 6.45) is 5.89. The third kappa shape index (κ3) is 3.89. The van der Waals surface area contributed by atoms with Crippen LogP contribution in [0.4, 0.5) is 0 Å². The van der Waals surface area contributed by atoms with E-state index in [4.69, 9.17) is 8.83 Å². The van der Waals surface area contributed by atoms with Crippen LogP contribution in [0.3, 0.4) is 0 Å². The normalized spacial score (nSPS) is 18.0. The monoisotopic (exact) mass is 346 g/mol. The first-order valence-corrected chi connectivity index (χ1v) is 8.18. The molecule has 2 aromatic heterocycles. The van der Waals surface area contributed by atoms with Crippen LogP contribution in [-0.2, 0) is 22.7 Å². The minimum Gasteiger partial charge on any atom is -0.451 e. The summed E-state index contributed by atoms with van der Waals surface area (Å²) in [6, 6.07) is 0. The minimum absolute atomic E-state index is 0.00803. The van der Waals surface area contributed by atoms with Crippen molar-refractivity contribution in [2.75, 3.05) is 6.54 Å². The number of rotatable bonds is 5. The first kappa shape index (κ1) is 17.2. The molecule has 8 nitrogen and oxygen atoms in total. The lowest BCUT2D eigenvalue weighted by Gasteiger charge is -2.32. The first-order valence-electron chi connectivity index (χ1n) is 8.18. The molecule has 8 heteroatoms. The van der Waals surface area contributed by atoms with E-state index in [0.717, 1.165) is 0 Å². The van der Waals surface area contributed by atoms with Crippen LogP contribution in [0.15, 0.2) is 34.1 Å². The molecule has 3 rings (SSSR count). The average Bonchev–Trinajstić information content (AvgIpc) is 3.26. The van der Waals surface area contributed by atoms with Crippen molar-refractivity contribution in [2.45, 2.75) is 45.8 Å². The van der Waals surface area contributed by atoms with Crippen molar-refractivity contribution >= 4 is 11.8 Å². The second-order valence-corrected chi connectivity index (χ2v) is 7.23. The lowest BCUT2D eigenvalue weighted by atomic mass is 10.1. The van der Waals surface area contributed by atoms with Crippen molar-refractivity contribution in [3.63, 3.8) is 0 Å². The van der Waals surface area contributed by atoms with Crippen LogP contribution < -0.4 is 0 Å². The van der Waals surface area contributed by atoms with Crippen LogP contribution in [0.5, 0.6) is 0 Å². The molecule has 0 radical (unpaired) electrons. The van der Waals surface area contributed by atoms with Crippen LogP contribution in [0.2, 0.25) is 0 Å². The fourth-order valence-corrected chi connectivity index (χ4v) is 3.01. The zero-order valence-electron chi connectivity index (χ0n) is 14.6. The fourth-order valence-electron chi connectivity index (χ4n) is 3.01. The highest BCUT2D eigenvalue weighted by atomic mass is 16.3. The SMILES string of the molecule is CC(C)(C)N1CC(C(=O)N(Cc2cocn2)Cc2cocn2)CC1=O. The number of nitrogens with zero attached hydrogens (tertiary/aromatic N) is 4. The molecule has 0 saturated carbocycles. The number of hydrogen-bond acceptors (Lipinski definition) is 6. The Morgan fingerprint density at radius 2 is 1.76 bits per heavy atom. The van der Waals surface area contributed by atoms with Gasteiger partial charge in [-0.25, -0.2) is 9.97 Å². The molecule has 1 fully saturated rings. The van der Waals surface area contributed by atoms with Gasteiger partial charge < -0.3 is 18.6 Å². The molecule has 3 heterocycles. The van der Waals surface area contributed by atoms with E-state index in [1.807, 2.05) is 20.8 Å². The third-order valence-corrected chi connectivity index (χ3v) is 4.27. The molecule has 2 aromatic rings. The van der Waals surface area contributed by atoms with Crippen molar-refractivity contribution in [2.24, 2.45) is 5.92 Å². The van der Waals surface area contributed by atoms with Gasteiger partial charge in [0.15, 0.2) is 12.8 Å². The van der Waals surface area contributed by atoms with Gasteiger partial charge in [0.05, 0.1) is 30.4 Å². The molecule has 1 aliphatic rings. The summed E-state index contributed by atoms with van der Waals surface area (Å²) < 4.78 is 9.98. The zero-order chi connectivity index (χ0) is 18.0. The molecule has 0 spiro atoms. The van der Waals surface area contributed by atoms with Gasteiger partial charge in [0.2, 0.25) is 11.8 Å². The van der Waals surface area contributed by atoms with E-state index >= 15 is 0 Å². The summed E-state index contributed by atoms with van der Waals surface area (Å²) in [5.74, 6) is -0.453. The minimum atomic E-state index is -0.370. The smallest absolute Gasteiger partial charge is 0.228 e. The van der Waals surface area contributed by atoms with Crippen LogP contribution in [0.1, 0.15) is 38.6 Å². The lowest BCUT2D eigenvalue weighted by Crippen LogP contribution is -2.43. The number of hydrogen-bond donors (Lipinski definition) is 0. The summed E-state index contributed by atoms with van der Waals surface area (Å²) in [7, 11) is 0. The van der Waals surface area contributed by atoms with Gasteiger partial charge in [0.25, 0.3) is 0 Å². The molecular formula is C17H22N4O4. The maximum atomic E-state index is 13.0. The maximum Gasteiger partial charge on any atom is 0.228 e. The zero-order valence-corrected chi connectivity index (χ0v) is 14.6. The van der Waals surface area contributed by atoms with Crippen LogP contribution in [0.25, 0.3) is 0 Å². The Labute approximate surface area is 145 Å². The molecule has 2 amide bonds. The van der Waals surface area contributed by atoms with E-state index in [1.165, 1.54) is 25.3 Å². The molecule has 1 atom stereocenters. The lowest BCUT2D eigenvalue weighted by molar-refractivity contribution is -0.137. The number of carbonyl (C=O) groups is 2. The number of amides is 2. The standard InChI is InChI=1S/C17H22N4O4/c1-17(2,3)21-5-12(4-15(21)22)16(23)20(6-13-8-24-10-18-13)7-14-9-25-11-19-14/h8-12H,4-7H2,1-3H3. The summed E-state index contributed by atoms with van der Waals surface area (Å²) in [6.45, 7) is 6.93. The Balaban J connectivity index is 1.75. The Morgan fingerprint density at radius 1 is 1.20 bits per heavy atom. The molecule has 1 aliphatic heterocycles. The summed E-state index contributed by atoms with van der Waals surface area (Å²) in [5, 5.41) is 0. The number of likely N-dealkylation sites (tertiary alicyclic amines) is 1. The van der Waals surface area contributed by atoms with Crippen molar-refractivity contribution in [1.82, 2.24) is 19.8 Å². The topological polar surface area (TPSA) is 92.7 Å². The molecule has 1 saturated heterocycles. The van der Waals surface area contributed by atoms with Crippen molar-refractivity contribution < 1.29 is 18.4 Å². The highest BCUT2D eigenvalue weighted by molar-refractivity contribution is 5.89. The third-order valence-electron chi connectivity index (χ3n) is 4.27. The van der Waals surface area contributed by atoms with Gasteiger partial charge in [0.1, 0.15) is 12.5 Å². The van der Waals surface area contributed by atoms with Gasteiger partial charge >= 0.3 is 0 Å². The van der Waals surface area contributed by atoms with Gasteiger partial charge in [-0.2, -0.15) is 0 Å². The Morgan fingerprint density at radius 3 is 2.16 bits per heavy atom. The fraction of sp³-hybridized carbons (Fsp3) is 0.529. The molecule has 0 aliphatic carbocycles. The molecule has 134 valence electrons. The largest absolute Gasteiger partial charge is 0.451 e. The van der Waals surface area contributed by atoms with Crippen molar-refractivity contribution in [3.05, 3.63) is 36.7 Å². The van der Waals surface area contributed by atoms with Gasteiger partial charge in [-0.05, 0) is 20.8 Å². The predicted molar refractivity (Wildman–Crippen MR) is 86.8 cm³/mol. The Hall–Kier alpha value is -2.64. The van der Waals surface area contributed by atoms with Crippen molar-refractivity contribution in [3.8, 4) is 0 Å². The van der Waals surface area contributed by atoms with E-state index in [0.29, 0.717) is 31.0 Å². The molecule has 25 heavy (non-hydrogen) atoms. The van der Waals surface area contributed by atoms with Gasteiger partial charge in [-0.15, -0.1) is 0 Å². The van der Waals surface area contributed by atoms with E-state index in [2.05, 4.69) is 9.97 Å². The summed E-state index contributed by atoms with van der Waals surface area (Å²) >= 11 is 0.